The molecule has 0 bridgehead atoms. The molecule has 2 aromatic rings. The minimum atomic E-state index is -4.68. The third kappa shape index (κ3) is 4.13. The lowest BCUT2D eigenvalue weighted by Crippen LogP contribution is -2.39. The predicted molar refractivity (Wildman–Crippen MR) is 83.3 cm³/mol. The summed E-state index contributed by atoms with van der Waals surface area (Å²) in [5.41, 5.74) is -1.12. The molecule has 3 rings (SSSR count). The van der Waals surface area contributed by atoms with Gasteiger partial charge in [-0.15, -0.1) is 0 Å². The lowest BCUT2D eigenvalue weighted by atomic mass is 10.0. The lowest BCUT2D eigenvalue weighted by molar-refractivity contribution is -0.141. The van der Waals surface area contributed by atoms with Crippen molar-refractivity contribution in [2.24, 2.45) is 0 Å². The zero-order valence-corrected chi connectivity index (χ0v) is 14.0. The van der Waals surface area contributed by atoms with Gasteiger partial charge in [0.1, 0.15) is 11.5 Å². The van der Waals surface area contributed by atoms with Crippen molar-refractivity contribution in [2.45, 2.75) is 18.3 Å². The Morgan fingerprint density at radius 3 is 2.67 bits per heavy atom. The Labute approximate surface area is 154 Å². The number of rotatable bonds is 4. The van der Waals surface area contributed by atoms with Crippen LogP contribution >= 0.6 is 11.6 Å². The van der Waals surface area contributed by atoms with E-state index in [4.69, 9.17) is 16.3 Å². The number of halogens is 5. The van der Waals surface area contributed by atoms with Gasteiger partial charge < -0.3 is 15.4 Å². The first kappa shape index (κ1) is 19.0. The SMILES string of the molecule is O=C1NCC(C(=O)N[C@H](c2ccc(F)c(Cl)c2)c2cc(C(F)(F)F)[nH]n2)O1. The maximum absolute atomic E-state index is 13.4. The fraction of sp³-hybridized carbons (Fsp3) is 0.267. The quantitative estimate of drug-likeness (QED) is 0.680. The van der Waals surface area contributed by atoms with E-state index in [-0.39, 0.29) is 22.8 Å². The first-order chi connectivity index (χ1) is 12.6. The van der Waals surface area contributed by atoms with Gasteiger partial charge in [-0.05, 0) is 23.8 Å². The van der Waals surface area contributed by atoms with Crippen molar-refractivity contribution >= 4 is 23.6 Å². The number of aromatic nitrogens is 2. The molecule has 7 nitrogen and oxygen atoms in total. The second kappa shape index (κ2) is 7.06. The summed E-state index contributed by atoms with van der Waals surface area (Å²) < 4.78 is 56.7. The molecule has 1 aliphatic heterocycles. The summed E-state index contributed by atoms with van der Waals surface area (Å²) in [5, 5.41) is 9.86. The first-order valence-corrected chi connectivity index (χ1v) is 7.85. The van der Waals surface area contributed by atoms with Gasteiger partial charge in [0.25, 0.3) is 5.91 Å². The van der Waals surface area contributed by atoms with Crippen molar-refractivity contribution in [1.82, 2.24) is 20.8 Å². The summed E-state index contributed by atoms with van der Waals surface area (Å²) >= 11 is 5.73. The van der Waals surface area contributed by atoms with Crippen LogP contribution in [0.1, 0.15) is 23.0 Å². The number of nitrogens with one attached hydrogen (secondary N) is 3. The van der Waals surface area contributed by atoms with Gasteiger partial charge in [0.2, 0.25) is 0 Å². The standard InChI is InChI=1S/C15H11ClF4N4O3/c16-7-3-6(1-2-8(7)17)12(9-4-11(24-23-9)15(18,19)20)22-13(25)10-5-21-14(26)27-10/h1-4,10,12H,5H2,(H,21,26)(H,22,25)(H,23,24)/t10?,12-/m1/s1. The number of alkyl carbamates (subject to hydrolysis) is 1. The zero-order valence-electron chi connectivity index (χ0n) is 13.2. The van der Waals surface area contributed by atoms with Crippen LogP contribution in [0.15, 0.2) is 24.3 Å². The molecule has 1 fully saturated rings. The highest BCUT2D eigenvalue weighted by Gasteiger charge is 2.36. The van der Waals surface area contributed by atoms with Crippen molar-refractivity contribution in [3.05, 3.63) is 52.1 Å². The maximum Gasteiger partial charge on any atom is 0.432 e. The monoisotopic (exact) mass is 406 g/mol. The van der Waals surface area contributed by atoms with Crippen LogP contribution in [0.25, 0.3) is 0 Å². The number of H-pyrrole nitrogens is 1. The number of carbonyl (C=O) groups excluding carboxylic acids is 2. The molecule has 2 heterocycles. The van der Waals surface area contributed by atoms with E-state index in [1.54, 1.807) is 0 Å². The summed E-state index contributed by atoms with van der Waals surface area (Å²) in [7, 11) is 0. The van der Waals surface area contributed by atoms with Gasteiger partial charge in [0.15, 0.2) is 6.10 Å². The van der Waals surface area contributed by atoms with Crippen LogP contribution in [0.3, 0.4) is 0 Å². The van der Waals surface area contributed by atoms with Crippen LogP contribution in [0.5, 0.6) is 0 Å². The molecular weight excluding hydrogens is 396 g/mol. The molecule has 12 heteroatoms. The number of nitrogens with zero attached hydrogens (tertiary/aromatic N) is 1. The molecule has 1 aromatic carbocycles. The van der Waals surface area contributed by atoms with Gasteiger partial charge in [-0.1, -0.05) is 17.7 Å². The Morgan fingerprint density at radius 2 is 2.11 bits per heavy atom. The first-order valence-electron chi connectivity index (χ1n) is 7.47. The van der Waals surface area contributed by atoms with Crippen molar-refractivity contribution in [1.29, 1.82) is 0 Å². The third-order valence-corrected chi connectivity index (χ3v) is 4.03. The number of carbonyl (C=O) groups is 2. The number of aromatic amines is 1. The molecule has 1 aromatic heterocycles. The van der Waals surface area contributed by atoms with E-state index in [1.165, 1.54) is 6.07 Å². The number of cyclic esters (lactones) is 1. The zero-order chi connectivity index (χ0) is 19.8. The molecule has 144 valence electrons. The summed E-state index contributed by atoms with van der Waals surface area (Å²) in [6.45, 7) is -0.101. The van der Waals surface area contributed by atoms with E-state index in [9.17, 15) is 27.2 Å². The highest BCUT2D eigenvalue weighted by Crippen LogP contribution is 2.31. The highest BCUT2D eigenvalue weighted by molar-refractivity contribution is 6.30. The van der Waals surface area contributed by atoms with Crippen molar-refractivity contribution in [3.63, 3.8) is 0 Å². The number of alkyl halides is 3. The minimum absolute atomic E-state index is 0.101. The molecule has 0 aliphatic carbocycles. The number of benzene rings is 1. The largest absolute Gasteiger partial charge is 0.434 e. The number of hydrogen-bond donors (Lipinski definition) is 3. The lowest BCUT2D eigenvalue weighted by Gasteiger charge is -2.19. The Hall–Kier alpha value is -2.82. The summed E-state index contributed by atoms with van der Waals surface area (Å²) in [6.07, 6.45) is -6.64. The molecule has 0 spiro atoms. The van der Waals surface area contributed by atoms with E-state index < -0.39 is 41.8 Å². The molecule has 2 atom stereocenters. The van der Waals surface area contributed by atoms with Gasteiger partial charge in [0, 0.05) is 0 Å². The normalized spacial score (nSPS) is 18.0. The van der Waals surface area contributed by atoms with E-state index in [2.05, 4.69) is 15.7 Å². The van der Waals surface area contributed by atoms with Gasteiger partial charge in [-0.2, -0.15) is 18.3 Å². The second-order valence-electron chi connectivity index (χ2n) is 5.59. The fourth-order valence-electron chi connectivity index (χ4n) is 2.42. The van der Waals surface area contributed by atoms with Gasteiger partial charge in [-0.3, -0.25) is 9.89 Å². The summed E-state index contributed by atoms with van der Waals surface area (Å²) in [6, 6.07) is 2.92. The van der Waals surface area contributed by atoms with Crippen LogP contribution in [-0.2, 0) is 15.7 Å². The number of ether oxygens (including phenoxy) is 1. The van der Waals surface area contributed by atoms with Crippen molar-refractivity contribution in [2.75, 3.05) is 6.54 Å². The second-order valence-corrected chi connectivity index (χ2v) is 6.00. The molecule has 0 radical (unpaired) electrons. The van der Waals surface area contributed by atoms with E-state index >= 15 is 0 Å². The van der Waals surface area contributed by atoms with Gasteiger partial charge in [0.05, 0.1) is 23.3 Å². The number of amides is 2. The van der Waals surface area contributed by atoms with Gasteiger partial charge in [-0.25, -0.2) is 9.18 Å². The average Bonchev–Trinajstić information content (AvgIpc) is 3.24. The van der Waals surface area contributed by atoms with Gasteiger partial charge >= 0.3 is 12.3 Å². The van der Waals surface area contributed by atoms with Crippen LogP contribution in [0.4, 0.5) is 22.4 Å². The third-order valence-electron chi connectivity index (χ3n) is 3.74. The molecule has 1 aliphatic rings. The Kier molecular flexibility index (Phi) is 4.96. The average molecular weight is 407 g/mol. The summed E-state index contributed by atoms with van der Waals surface area (Å²) in [5.74, 6) is -1.51. The topological polar surface area (TPSA) is 96.1 Å². The van der Waals surface area contributed by atoms with Crippen molar-refractivity contribution in [3.8, 4) is 0 Å². The molecule has 0 saturated carbocycles. The Morgan fingerprint density at radius 1 is 1.37 bits per heavy atom. The fourth-order valence-corrected chi connectivity index (χ4v) is 2.61. The molecule has 3 N–H and O–H groups in total. The predicted octanol–water partition coefficient (Wildman–Crippen LogP) is 2.53. The minimum Gasteiger partial charge on any atom is -0.434 e. The molecule has 1 saturated heterocycles. The highest BCUT2D eigenvalue weighted by atomic mass is 35.5. The van der Waals surface area contributed by atoms with Crippen molar-refractivity contribution < 1.29 is 31.9 Å². The van der Waals surface area contributed by atoms with E-state index in [0.29, 0.717) is 6.07 Å². The molecule has 2 amide bonds. The molecule has 27 heavy (non-hydrogen) atoms. The maximum atomic E-state index is 13.4. The van der Waals surface area contributed by atoms with Crippen LogP contribution in [0.2, 0.25) is 5.02 Å². The molecular formula is C15H11ClF4N4O3. The number of hydrogen-bond acceptors (Lipinski definition) is 4. The summed E-state index contributed by atoms with van der Waals surface area (Å²) in [4.78, 5) is 23.4. The van der Waals surface area contributed by atoms with Crippen LogP contribution < -0.4 is 10.6 Å². The van der Waals surface area contributed by atoms with E-state index in [1.807, 2.05) is 5.10 Å². The Bertz CT molecular complexity index is 886. The smallest absolute Gasteiger partial charge is 0.432 e. The van der Waals surface area contributed by atoms with E-state index in [0.717, 1.165) is 12.1 Å². The Balaban J connectivity index is 1.93. The molecule has 1 unspecified atom stereocenters. The van der Waals surface area contributed by atoms with Crippen LogP contribution in [-0.4, -0.2) is 34.8 Å². The van der Waals surface area contributed by atoms with Crippen LogP contribution in [0, 0.1) is 5.82 Å².